The summed E-state index contributed by atoms with van der Waals surface area (Å²) in [5.74, 6) is -0.504. The fraction of sp³-hybridized carbons (Fsp3) is 0.750. The van der Waals surface area contributed by atoms with E-state index in [0.717, 1.165) is 0 Å². The van der Waals surface area contributed by atoms with Crippen LogP contribution in [-0.2, 0) is 4.79 Å². The highest BCUT2D eigenvalue weighted by Gasteiger charge is 2.01. The largest absolute Gasteiger partial charge is 0.367 e. The van der Waals surface area contributed by atoms with Crippen molar-refractivity contribution in [2.45, 2.75) is 6.29 Å². The summed E-state index contributed by atoms with van der Waals surface area (Å²) in [5, 5.41) is 26.5. The molecule has 0 bridgehead atoms. The van der Waals surface area contributed by atoms with Gasteiger partial charge in [-0.05, 0) is 0 Å². The van der Waals surface area contributed by atoms with Crippen molar-refractivity contribution >= 4 is 5.91 Å². The van der Waals surface area contributed by atoms with Gasteiger partial charge in [-0.2, -0.15) is 5.48 Å². The van der Waals surface area contributed by atoms with Crippen LogP contribution in [0.2, 0.25) is 0 Å². The summed E-state index contributed by atoms with van der Waals surface area (Å²) in [6, 6.07) is 0. The summed E-state index contributed by atoms with van der Waals surface area (Å²) >= 11 is 0. The monoisotopic (exact) mass is 150 g/mol. The quantitative estimate of drug-likeness (QED) is 0.223. The van der Waals surface area contributed by atoms with E-state index in [1.165, 1.54) is 0 Å². The molecular weight excluding hydrogens is 140 g/mol. The lowest BCUT2D eigenvalue weighted by Crippen LogP contribution is -2.37. The highest BCUT2D eigenvalue weighted by Crippen LogP contribution is 1.69. The molecule has 5 N–H and O–H groups in total. The zero-order chi connectivity index (χ0) is 7.98. The molecule has 60 valence electrons. The second-order valence-electron chi connectivity index (χ2n) is 1.62. The number of aliphatic hydroxyl groups excluding tert-OH is 1. The van der Waals surface area contributed by atoms with Crippen LogP contribution in [0.3, 0.4) is 0 Å². The minimum Gasteiger partial charge on any atom is -0.367 e. The van der Waals surface area contributed by atoms with Gasteiger partial charge in [0.2, 0.25) is 5.91 Å². The van der Waals surface area contributed by atoms with Crippen LogP contribution in [0.1, 0.15) is 0 Å². The average Bonchev–Trinajstić information content (AvgIpc) is 1.85. The lowest BCUT2D eigenvalue weighted by atomic mass is 10.5. The third-order valence-electron chi connectivity index (χ3n) is 0.721. The Morgan fingerprint density at radius 2 is 2.10 bits per heavy atom. The van der Waals surface area contributed by atoms with E-state index in [1.54, 1.807) is 5.48 Å². The molecule has 0 rings (SSSR count). The summed E-state index contributed by atoms with van der Waals surface area (Å²) in [5.41, 5.74) is 1.62. The van der Waals surface area contributed by atoms with Gasteiger partial charge in [-0.25, -0.2) is 0 Å². The van der Waals surface area contributed by atoms with Gasteiger partial charge >= 0.3 is 0 Å². The first-order chi connectivity index (χ1) is 4.66. The third-order valence-corrected chi connectivity index (χ3v) is 0.721. The Hall–Kier alpha value is -0.690. The first kappa shape index (κ1) is 9.31. The number of hydroxylamine groups is 1. The first-order valence-corrected chi connectivity index (χ1v) is 2.66. The maximum absolute atomic E-state index is 10.4. The zero-order valence-corrected chi connectivity index (χ0v) is 5.24. The molecule has 0 fully saturated rings. The molecule has 0 radical (unpaired) electrons. The Labute approximate surface area is 57.4 Å². The van der Waals surface area contributed by atoms with Gasteiger partial charge in [-0.3, -0.25) is 4.79 Å². The van der Waals surface area contributed by atoms with Gasteiger partial charge in [0.15, 0.2) is 6.29 Å². The van der Waals surface area contributed by atoms with E-state index in [0.29, 0.717) is 0 Å². The van der Waals surface area contributed by atoms with E-state index in [2.05, 4.69) is 5.32 Å². The molecule has 0 saturated carbocycles. The van der Waals surface area contributed by atoms with E-state index in [9.17, 15) is 4.79 Å². The van der Waals surface area contributed by atoms with Crippen molar-refractivity contribution < 1.29 is 20.2 Å². The molecule has 1 amide bonds. The summed E-state index contributed by atoms with van der Waals surface area (Å²) in [4.78, 5) is 10.4. The molecular formula is C4H10N2O4. The van der Waals surface area contributed by atoms with Gasteiger partial charge in [-0.1, -0.05) is 0 Å². The highest BCUT2D eigenvalue weighted by atomic mass is 16.5. The zero-order valence-electron chi connectivity index (χ0n) is 5.24. The second-order valence-corrected chi connectivity index (χ2v) is 1.62. The smallest absolute Gasteiger partial charge is 0.236 e. The van der Waals surface area contributed by atoms with E-state index < -0.39 is 12.2 Å². The minimum absolute atomic E-state index is 0.236. The molecule has 0 aliphatic rings. The lowest BCUT2D eigenvalue weighted by Gasteiger charge is -2.04. The van der Waals surface area contributed by atoms with Gasteiger partial charge in [0, 0.05) is 0 Å². The van der Waals surface area contributed by atoms with Crippen molar-refractivity contribution in [1.82, 2.24) is 10.8 Å². The van der Waals surface area contributed by atoms with Crippen LogP contribution < -0.4 is 10.8 Å². The molecule has 0 aliphatic carbocycles. The van der Waals surface area contributed by atoms with Crippen molar-refractivity contribution in [3.8, 4) is 0 Å². The molecule has 6 nitrogen and oxygen atoms in total. The maximum atomic E-state index is 10.4. The summed E-state index contributed by atoms with van der Waals surface area (Å²) in [6.45, 7) is -0.493. The maximum Gasteiger partial charge on any atom is 0.236 e. The Morgan fingerprint density at radius 3 is 2.50 bits per heavy atom. The number of carbonyl (C=O) groups excluding carboxylic acids is 1. The molecule has 0 aromatic heterocycles. The Balaban J connectivity index is 3.22. The molecule has 0 aromatic rings. The number of amides is 1. The predicted octanol–water partition coefficient (Wildman–Crippen LogP) is -2.61. The van der Waals surface area contributed by atoms with Gasteiger partial charge < -0.3 is 20.7 Å². The van der Waals surface area contributed by atoms with Crippen LogP contribution in [0, 0.1) is 0 Å². The fourth-order valence-corrected chi connectivity index (χ4v) is 0.339. The molecule has 0 spiro atoms. The first-order valence-electron chi connectivity index (χ1n) is 2.66. The van der Waals surface area contributed by atoms with Crippen LogP contribution >= 0.6 is 0 Å². The van der Waals surface area contributed by atoms with Crippen LogP contribution in [0.15, 0.2) is 0 Å². The fourth-order valence-electron chi connectivity index (χ4n) is 0.339. The molecule has 0 unspecified atom stereocenters. The summed E-state index contributed by atoms with van der Waals surface area (Å²) in [6.07, 6.45) is -1.55. The van der Waals surface area contributed by atoms with Crippen molar-refractivity contribution in [3.05, 3.63) is 0 Å². The van der Waals surface area contributed by atoms with Gasteiger partial charge in [0.25, 0.3) is 0 Å². The number of rotatable bonds is 4. The highest BCUT2D eigenvalue weighted by molar-refractivity contribution is 5.77. The number of aliphatic hydroxyl groups is 2. The van der Waals surface area contributed by atoms with Gasteiger partial charge in [0.05, 0.1) is 13.1 Å². The second kappa shape index (κ2) is 5.12. The van der Waals surface area contributed by atoms with Gasteiger partial charge in [0.1, 0.15) is 0 Å². The van der Waals surface area contributed by atoms with Crippen LogP contribution in [0.4, 0.5) is 0 Å². The number of hydrogen-bond acceptors (Lipinski definition) is 5. The number of hydrogen-bond donors (Lipinski definition) is 5. The SMILES string of the molecule is O=C(CNO)NCC(O)O. The molecule has 0 aromatic carbocycles. The van der Waals surface area contributed by atoms with Crippen molar-refractivity contribution in [2.24, 2.45) is 0 Å². The summed E-state index contributed by atoms with van der Waals surface area (Å²) < 4.78 is 0. The molecule has 0 saturated heterocycles. The van der Waals surface area contributed by atoms with Crippen LogP contribution in [0.25, 0.3) is 0 Å². The molecule has 0 atom stereocenters. The average molecular weight is 150 g/mol. The Kier molecular flexibility index (Phi) is 4.77. The Morgan fingerprint density at radius 1 is 1.50 bits per heavy atom. The predicted molar refractivity (Wildman–Crippen MR) is 31.0 cm³/mol. The van der Waals surface area contributed by atoms with Crippen molar-refractivity contribution in [3.63, 3.8) is 0 Å². The summed E-state index contributed by atoms with van der Waals surface area (Å²) in [7, 11) is 0. The molecule has 0 aliphatic heterocycles. The molecule has 0 heterocycles. The number of nitrogens with one attached hydrogen (secondary N) is 2. The van der Waals surface area contributed by atoms with Crippen molar-refractivity contribution in [2.75, 3.05) is 13.1 Å². The van der Waals surface area contributed by atoms with Crippen LogP contribution in [-0.4, -0.2) is 40.7 Å². The molecule has 10 heavy (non-hydrogen) atoms. The molecule has 6 heteroatoms. The Bertz CT molecular complexity index is 105. The number of carbonyl (C=O) groups is 1. The minimum atomic E-state index is -1.55. The van der Waals surface area contributed by atoms with Gasteiger partial charge in [-0.15, -0.1) is 0 Å². The van der Waals surface area contributed by atoms with Crippen LogP contribution in [0.5, 0.6) is 0 Å². The third kappa shape index (κ3) is 5.45. The normalized spacial score (nSPS) is 10.0. The van der Waals surface area contributed by atoms with E-state index in [4.69, 9.17) is 15.4 Å². The van der Waals surface area contributed by atoms with Crippen molar-refractivity contribution in [1.29, 1.82) is 0 Å². The van der Waals surface area contributed by atoms with E-state index in [-0.39, 0.29) is 13.1 Å². The van der Waals surface area contributed by atoms with E-state index in [1.807, 2.05) is 0 Å². The topological polar surface area (TPSA) is 102 Å². The standard InChI is InChI=1S/C4H10N2O4/c7-3(1-6-10)5-2-4(8)9/h4,6,8-10H,1-2H2,(H,5,7). The van der Waals surface area contributed by atoms with E-state index >= 15 is 0 Å². The lowest BCUT2D eigenvalue weighted by molar-refractivity contribution is -0.124.